The number of rotatable bonds is 6. The molecule has 0 bridgehead atoms. The highest BCUT2D eigenvalue weighted by Crippen LogP contribution is 2.29. The molecule has 0 amide bonds. The molecule has 1 unspecified atom stereocenters. The average Bonchev–Trinajstić information content (AvgIpc) is 3.00. The molecule has 2 aromatic heterocycles. The molecule has 0 aliphatic heterocycles. The van der Waals surface area contributed by atoms with Gasteiger partial charge in [0.2, 0.25) is 21.9 Å². The number of nitrogens with zero attached hydrogens (tertiary/aromatic N) is 3. The molecule has 0 saturated heterocycles. The molecule has 3 rings (SSSR count). The Morgan fingerprint density at radius 1 is 1.41 bits per heavy atom. The lowest BCUT2D eigenvalue weighted by Crippen LogP contribution is -2.12. The Balaban J connectivity index is 2.19. The zero-order valence-corrected chi connectivity index (χ0v) is 15.6. The first kappa shape index (κ1) is 19.5. The van der Waals surface area contributed by atoms with Gasteiger partial charge in [0, 0.05) is 34.8 Å². The summed E-state index contributed by atoms with van der Waals surface area (Å²) in [5, 5.41) is 6.00. The van der Waals surface area contributed by atoms with Gasteiger partial charge in [-0.1, -0.05) is 11.6 Å². The SMILES string of the molecule is COc1nc(-n2cc(S(N)(=O)=O)c3ccc(Cl)cc32)ncc1CC(F)CF. The lowest BCUT2D eigenvalue weighted by Gasteiger charge is -2.11. The molecule has 1 atom stereocenters. The first-order valence-corrected chi connectivity index (χ1v) is 9.60. The van der Waals surface area contributed by atoms with Crippen LogP contribution in [-0.2, 0) is 16.4 Å². The molecule has 0 saturated carbocycles. The van der Waals surface area contributed by atoms with Crippen LogP contribution in [-0.4, -0.2) is 42.9 Å². The number of primary sulfonamides is 1. The molecular weight excluding hydrogens is 402 g/mol. The molecule has 27 heavy (non-hydrogen) atoms. The van der Waals surface area contributed by atoms with Crippen molar-refractivity contribution >= 4 is 32.5 Å². The van der Waals surface area contributed by atoms with Crippen molar-refractivity contribution in [2.24, 2.45) is 5.14 Å². The summed E-state index contributed by atoms with van der Waals surface area (Å²) in [5.74, 6) is 0.116. The van der Waals surface area contributed by atoms with Crippen LogP contribution in [0.3, 0.4) is 0 Å². The van der Waals surface area contributed by atoms with E-state index in [9.17, 15) is 17.2 Å². The first-order valence-electron chi connectivity index (χ1n) is 7.68. The molecule has 0 aliphatic rings. The summed E-state index contributed by atoms with van der Waals surface area (Å²) < 4.78 is 56.1. The molecule has 2 N–H and O–H groups in total. The second-order valence-electron chi connectivity index (χ2n) is 5.73. The Hall–Kier alpha value is -2.30. The molecule has 0 radical (unpaired) electrons. The molecule has 144 valence electrons. The number of methoxy groups -OCH3 is 1. The van der Waals surface area contributed by atoms with Crippen molar-refractivity contribution in [3.8, 4) is 11.8 Å². The lowest BCUT2D eigenvalue weighted by atomic mass is 10.2. The number of hydrogen-bond donors (Lipinski definition) is 1. The van der Waals surface area contributed by atoms with Crippen molar-refractivity contribution < 1.29 is 21.9 Å². The van der Waals surface area contributed by atoms with Crippen LogP contribution in [0.1, 0.15) is 5.56 Å². The minimum atomic E-state index is -4.01. The van der Waals surface area contributed by atoms with Gasteiger partial charge in [-0.3, -0.25) is 4.57 Å². The van der Waals surface area contributed by atoms with Crippen molar-refractivity contribution in [2.45, 2.75) is 17.5 Å². The monoisotopic (exact) mass is 416 g/mol. The van der Waals surface area contributed by atoms with Crippen molar-refractivity contribution in [1.82, 2.24) is 14.5 Å². The summed E-state index contributed by atoms with van der Waals surface area (Å²) in [7, 11) is -2.68. The van der Waals surface area contributed by atoms with E-state index in [1.807, 2.05) is 0 Å². The third-order valence-corrected chi connectivity index (χ3v) is 5.04. The molecule has 0 fully saturated rings. The number of sulfonamides is 1. The maximum atomic E-state index is 13.4. The Labute approximate surface area is 158 Å². The number of nitrogens with two attached hydrogens (primary N) is 1. The van der Waals surface area contributed by atoms with Gasteiger partial charge < -0.3 is 4.74 Å². The number of halogens is 3. The van der Waals surface area contributed by atoms with E-state index in [4.69, 9.17) is 21.5 Å². The lowest BCUT2D eigenvalue weighted by molar-refractivity contribution is 0.256. The van der Waals surface area contributed by atoms with E-state index in [0.717, 1.165) is 0 Å². The molecule has 1 aromatic carbocycles. The average molecular weight is 417 g/mol. The number of hydrogen-bond acceptors (Lipinski definition) is 5. The highest BCUT2D eigenvalue weighted by atomic mass is 35.5. The number of aromatic nitrogens is 3. The van der Waals surface area contributed by atoms with Crippen LogP contribution < -0.4 is 9.88 Å². The van der Waals surface area contributed by atoms with Crippen LogP contribution in [0, 0.1) is 0 Å². The van der Waals surface area contributed by atoms with Crippen LogP contribution in [0.2, 0.25) is 5.02 Å². The van der Waals surface area contributed by atoms with Crippen molar-refractivity contribution in [1.29, 1.82) is 0 Å². The van der Waals surface area contributed by atoms with Crippen molar-refractivity contribution in [3.05, 3.63) is 41.2 Å². The fraction of sp³-hybridized carbons (Fsp3) is 0.250. The Morgan fingerprint density at radius 2 is 2.15 bits per heavy atom. The van der Waals surface area contributed by atoms with Gasteiger partial charge in [-0.15, -0.1) is 0 Å². The predicted molar refractivity (Wildman–Crippen MR) is 96.4 cm³/mol. The van der Waals surface area contributed by atoms with Crippen LogP contribution >= 0.6 is 11.6 Å². The van der Waals surface area contributed by atoms with E-state index in [0.29, 0.717) is 15.9 Å². The molecular formula is C16H15ClF2N4O3S. The van der Waals surface area contributed by atoms with Crippen LogP contribution in [0.5, 0.6) is 5.88 Å². The Kier molecular flexibility index (Phi) is 5.31. The van der Waals surface area contributed by atoms with Gasteiger partial charge >= 0.3 is 0 Å². The maximum Gasteiger partial charge on any atom is 0.240 e. The highest BCUT2D eigenvalue weighted by Gasteiger charge is 2.21. The van der Waals surface area contributed by atoms with Crippen LogP contribution in [0.25, 0.3) is 16.9 Å². The standard InChI is InChI=1S/C16H15ClF2N4O3S/c1-26-15-9(4-11(19)6-18)7-21-16(22-15)23-8-14(27(20,24)25)12-3-2-10(17)5-13(12)23/h2-3,5,7-8,11H,4,6H2,1H3,(H2,20,24,25). The van der Waals surface area contributed by atoms with Crippen LogP contribution in [0.4, 0.5) is 8.78 Å². The van der Waals surface area contributed by atoms with Crippen LogP contribution in [0.15, 0.2) is 35.5 Å². The Morgan fingerprint density at radius 3 is 2.78 bits per heavy atom. The van der Waals surface area contributed by atoms with Crippen molar-refractivity contribution in [2.75, 3.05) is 13.8 Å². The predicted octanol–water partition coefficient (Wildman–Crippen LogP) is 2.58. The summed E-state index contributed by atoms with van der Waals surface area (Å²) in [4.78, 5) is 8.19. The van der Waals surface area contributed by atoms with Gasteiger partial charge in [-0.25, -0.2) is 27.3 Å². The van der Waals surface area contributed by atoms with E-state index in [-0.39, 0.29) is 28.7 Å². The number of fused-ring (bicyclic) bond motifs is 1. The van der Waals surface area contributed by atoms with E-state index in [1.165, 1.54) is 42.3 Å². The third-order valence-electron chi connectivity index (χ3n) is 3.87. The Bertz CT molecular complexity index is 1100. The molecule has 7 nitrogen and oxygen atoms in total. The summed E-state index contributed by atoms with van der Waals surface area (Å²) >= 11 is 6.02. The normalized spacial score (nSPS) is 13.1. The molecule has 2 heterocycles. The number of benzene rings is 1. The van der Waals surface area contributed by atoms with Crippen molar-refractivity contribution in [3.63, 3.8) is 0 Å². The summed E-state index contributed by atoms with van der Waals surface area (Å²) in [6.45, 7) is -1.14. The van der Waals surface area contributed by atoms with E-state index in [2.05, 4.69) is 9.97 Å². The molecule has 11 heteroatoms. The topological polar surface area (TPSA) is 100 Å². The van der Waals surface area contributed by atoms with Gasteiger partial charge in [0.05, 0.1) is 12.6 Å². The minimum absolute atomic E-state index is 0.0529. The number of alkyl halides is 2. The molecule has 0 aliphatic carbocycles. The van der Waals surface area contributed by atoms with Gasteiger partial charge in [0.25, 0.3) is 0 Å². The summed E-state index contributed by atoms with van der Waals surface area (Å²) in [6, 6.07) is 4.59. The third kappa shape index (κ3) is 3.87. The smallest absolute Gasteiger partial charge is 0.240 e. The second-order valence-corrected chi connectivity index (χ2v) is 7.70. The van der Waals surface area contributed by atoms with E-state index >= 15 is 0 Å². The van der Waals surface area contributed by atoms with Gasteiger partial charge in [0.15, 0.2) is 0 Å². The quantitative estimate of drug-likeness (QED) is 0.665. The maximum absolute atomic E-state index is 13.4. The second kappa shape index (κ2) is 7.37. The number of ether oxygens (including phenoxy) is 1. The molecule has 3 aromatic rings. The summed E-state index contributed by atoms with van der Waals surface area (Å²) in [5.41, 5.74) is 0.695. The zero-order valence-electron chi connectivity index (χ0n) is 14.1. The highest BCUT2D eigenvalue weighted by molar-refractivity contribution is 7.89. The van der Waals surface area contributed by atoms with E-state index in [1.54, 1.807) is 0 Å². The first-order chi connectivity index (χ1) is 12.7. The minimum Gasteiger partial charge on any atom is -0.481 e. The largest absolute Gasteiger partial charge is 0.481 e. The van der Waals surface area contributed by atoms with Gasteiger partial charge in [-0.2, -0.15) is 4.98 Å². The fourth-order valence-corrected chi connectivity index (χ4v) is 3.57. The zero-order chi connectivity index (χ0) is 19.8. The van der Waals surface area contributed by atoms with Gasteiger partial charge in [0.1, 0.15) is 17.7 Å². The van der Waals surface area contributed by atoms with E-state index < -0.39 is 22.9 Å². The van der Waals surface area contributed by atoms with Gasteiger partial charge in [-0.05, 0) is 18.2 Å². The fourth-order valence-electron chi connectivity index (χ4n) is 2.67. The molecule has 0 spiro atoms. The summed E-state index contributed by atoms with van der Waals surface area (Å²) in [6.07, 6.45) is 0.620.